The third-order valence-electron chi connectivity index (χ3n) is 4.24. The van der Waals surface area contributed by atoms with E-state index >= 15 is 0 Å². The number of carbonyl (C=O) groups is 1. The Labute approximate surface area is 174 Å². The summed E-state index contributed by atoms with van der Waals surface area (Å²) in [7, 11) is 1.65. The fourth-order valence-electron chi connectivity index (χ4n) is 2.71. The average molecular weight is 413 g/mol. The van der Waals surface area contributed by atoms with Crippen LogP contribution in [0.5, 0.6) is 5.75 Å². The first-order valence-corrected chi connectivity index (χ1v) is 11.0. The highest BCUT2D eigenvalue weighted by Crippen LogP contribution is 2.31. The van der Waals surface area contributed by atoms with Gasteiger partial charge in [0.05, 0.1) is 12.8 Å². The summed E-state index contributed by atoms with van der Waals surface area (Å²) in [5.41, 5.74) is 3.18. The Hall–Kier alpha value is -2.31. The minimum absolute atomic E-state index is 0.0135. The molecule has 4 nitrogen and oxygen atoms in total. The van der Waals surface area contributed by atoms with Gasteiger partial charge in [0.1, 0.15) is 5.75 Å². The van der Waals surface area contributed by atoms with Gasteiger partial charge < -0.3 is 10.1 Å². The molecule has 0 radical (unpaired) electrons. The molecule has 146 valence electrons. The van der Waals surface area contributed by atoms with E-state index in [2.05, 4.69) is 41.5 Å². The number of rotatable bonds is 8. The molecule has 0 atom stereocenters. The number of aromatic nitrogens is 1. The van der Waals surface area contributed by atoms with E-state index in [9.17, 15) is 4.79 Å². The molecule has 0 saturated carbocycles. The summed E-state index contributed by atoms with van der Waals surface area (Å²) < 4.78 is 5.20. The Morgan fingerprint density at radius 3 is 2.50 bits per heavy atom. The Morgan fingerprint density at radius 2 is 1.82 bits per heavy atom. The quantitative estimate of drug-likeness (QED) is 0.367. The molecule has 0 bridgehead atoms. The summed E-state index contributed by atoms with van der Waals surface area (Å²) in [6, 6.07) is 16.3. The lowest BCUT2D eigenvalue weighted by Crippen LogP contribution is -2.11. The molecule has 0 saturated heterocycles. The largest absolute Gasteiger partial charge is 0.497 e. The lowest BCUT2D eigenvalue weighted by atomic mass is 10.1. The third kappa shape index (κ3) is 5.59. The van der Waals surface area contributed by atoms with Gasteiger partial charge in [0.25, 0.3) is 0 Å². The fourth-order valence-corrected chi connectivity index (χ4v) is 4.41. The lowest BCUT2D eigenvalue weighted by Gasteiger charge is -2.03. The van der Waals surface area contributed by atoms with Gasteiger partial charge in [0.2, 0.25) is 5.91 Å². The minimum Gasteiger partial charge on any atom is -0.497 e. The van der Waals surface area contributed by atoms with Crippen molar-refractivity contribution in [2.24, 2.45) is 0 Å². The number of aryl methyl sites for hydroxylation is 2. The van der Waals surface area contributed by atoms with E-state index in [-0.39, 0.29) is 5.91 Å². The first-order chi connectivity index (χ1) is 13.5. The van der Waals surface area contributed by atoms with Gasteiger partial charge in [-0.15, -0.1) is 23.1 Å². The molecule has 6 heteroatoms. The summed E-state index contributed by atoms with van der Waals surface area (Å²) in [5, 5.41) is 3.59. The van der Waals surface area contributed by atoms with E-state index in [1.165, 1.54) is 21.8 Å². The standard InChI is InChI=1S/C22H24N2O2S2/c1-15-6-12-19(13-7-15)27-14-4-5-20(25)23-22-24-21(16(2)28-22)17-8-10-18(26-3)11-9-17/h6-13H,4-5,14H2,1-3H3,(H,23,24,25). The summed E-state index contributed by atoms with van der Waals surface area (Å²) in [6.07, 6.45) is 1.33. The maximum Gasteiger partial charge on any atom is 0.226 e. The zero-order chi connectivity index (χ0) is 19.9. The van der Waals surface area contributed by atoms with Crippen molar-refractivity contribution in [2.75, 3.05) is 18.2 Å². The van der Waals surface area contributed by atoms with Gasteiger partial charge in [-0.25, -0.2) is 4.98 Å². The normalized spacial score (nSPS) is 10.7. The maximum atomic E-state index is 12.2. The second-order valence-electron chi connectivity index (χ2n) is 6.47. The van der Waals surface area contributed by atoms with Crippen molar-refractivity contribution in [1.82, 2.24) is 4.98 Å². The molecule has 1 aromatic heterocycles. The number of methoxy groups -OCH3 is 1. The monoisotopic (exact) mass is 412 g/mol. The van der Waals surface area contributed by atoms with E-state index in [0.717, 1.165) is 34.1 Å². The molecule has 0 aliphatic carbocycles. The molecule has 1 amide bonds. The lowest BCUT2D eigenvalue weighted by molar-refractivity contribution is -0.116. The van der Waals surface area contributed by atoms with Crippen LogP contribution in [0.4, 0.5) is 5.13 Å². The number of hydrogen-bond donors (Lipinski definition) is 1. The van der Waals surface area contributed by atoms with Crippen molar-refractivity contribution in [2.45, 2.75) is 31.6 Å². The van der Waals surface area contributed by atoms with Crippen LogP contribution < -0.4 is 10.1 Å². The van der Waals surface area contributed by atoms with Crippen LogP contribution in [0.2, 0.25) is 0 Å². The molecule has 0 spiro atoms. The second kappa shape index (κ2) is 9.75. The smallest absolute Gasteiger partial charge is 0.226 e. The van der Waals surface area contributed by atoms with Crippen molar-refractivity contribution >= 4 is 34.1 Å². The van der Waals surface area contributed by atoms with Crippen molar-refractivity contribution in [3.63, 3.8) is 0 Å². The number of hydrogen-bond acceptors (Lipinski definition) is 5. The average Bonchev–Trinajstić information content (AvgIpc) is 3.06. The number of thiazole rings is 1. The molecule has 28 heavy (non-hydrogen) atoms. The highest BCUT2D eigenvalue weighted by molar-refractivity contribution is 7.99. The molecule has 0 fully saturated rings. The van der Waals surface area contributed by atoms with Crippen LogP contribution in [0, 0.1) is 13.8 Å². The van der Waals surface area contributed by atoms with Gasteiger partial charge in [0.15, 0.2) is 5.13 Å². The van der Waals surface area contributed by atoms with Gasteiger partial charge in [-0.3, -0.25) is 4.79 Å². The number of nitrogens with one attached hydrogen (secondary N) is 1. The van der Waals surface area contributed by atoms with E-state index in [1.54, 1.807) is 18.9 Å². The Balaban J connectivity index is 1.49. The molecule has 2 aromatic carbocycles. The summed E-state index contributed by atoms with van der Waals surface area (Å²) in [5.74, 6) is 1.75. The van der Waals surface area contributed by atoms with Gasteiger partial charge in [0, 0.05) is 21.8 Å². The SMILES string of the molecule is COc1ccc(-c2nc(NC(=O)CCCSc3ccc(C)cc3)sc2C)cc1. The van der Waals surface area contributed by atoms with Gasteiger partial charge in [-0.1, -0.05) is 17.7 Å². The van der Waals surface area contributed by atoms with E-state index in [4.69, 9.17) is 4.74 Å². The molecule has 0 aliphatic heterocycles. The molecule has 3 rings (SSSR count). The van der Waals surface area contributed by atoms with Crippen LogP contribution >= 0.6 is 23.1 Å². The zero-order valence-electron chi connectivity index (χ0n) is 16.3. The Kier molecular flexibility index (Phi) is 7.12. The van der Waals surface area contributed by atoms with Crippen molar-refractivity contribution in [3.8, 4) is 17.0 Å². The number of amides is 1. The molecular weight excluding hydrogens is 388 g/mol. The van der Waals surface area contributed by atoms with Crippen LogP contribution in [0.25, 0.3) is 11.3 Å². The number of benzene rings is 2. The topological polar surface area (TPSA) is 51.2 Å². The van der Waals surface area contributed by atoms with E-state index in [1.807, 2.05) is 31.2 Å². The molecule has 1 heterocycles. The number of thioether (sulfide) groups is 1. The fraction of sp³-hybridized carbons (Fsp3) is 0.273. The van der Waals surface area contributed by atoms with Crippen molar-refractivity contribution < 1.29 is 9.53 Å². The number of anilines is 1. The van der Waals surface area contributed by atoms with Crippen LogP contribution in [-0.4, -0.2) is 23.8 Å². The molecule has 0 unspecified atom stereocenters. The minimum atomic E-state index is 0.0135. The summed E-state index contributed by atoms with van der Waals surface area (Å²) in [6.45, 7) is 4.10. The zero-order valence-corrected chi connectivity index (χ0v) is 18.0. The van der Waals surface area contributed by atoms with Crippen LogP contribution in [0.15, 0.2) is 53.4 Å². The highest BCUT2D eigenvalue weighted by Gasteiger charge is 2.12. The van der Waals surface area contributed by atoms with E-state index < -0.39 is 0 Å². The summed E-state index contributed by atoms with van der Waals surface area (Å²) in [4.78, 5) is 19.2. The first-order valence-electron chi connectivity index (χ1n) is 9.16. The Bertz CT molecular complexity index is 919. The predicted molar refractivity (Wildman–Crippen MR) is 119 cm³/mol. The molecule has 0 aliphatic rings. The third-order valence-corrected chi connectivity index (χ3v) is 6.23. The van der Waals surface area contributed by atoms with Crippen LogP contribution in [0.1, 0.15) is 23.3 Å². The van der Waals surface area contributed by atoms with Gasteiger partial charge in [-0.05, 0) is 62.4 Å². The predicted octanol–water partition coefficient (Wildman–Crippen LogP) is 5.95. The molecule has 1 N–H and O–H groups in total. The summed E-state index contributed by atoms with van der Waals surface area (Å²) >= 11 is 3.29. The van der Waals surface area contributed by atoms with Gasteiger partial charge >= 0.3 is 0 Å². The van der Waals surface area contributed by atoms with Crippen LogP contribution in [0.3, 0.4) is 0 Å². The maximum absolute atomic E-state index is 12.2. The Morgan fingerprint density at radius 1 is 1.11 bits per heavy atom. The van der Waals surface area contributed by atoms with E-state index in [0.29, 0.717) is 11.6 Å². The van der Waals surface area contributed by atoms with Crippen LogP contribution in [-0.2, 0) is 4.79 Å². The number of nitrogens with zero attached hydrogens (tertiary/aromatic N) is 1. The van der Waals surface area contributed by atoms with Crippen molar-refractivity contribution in [1.29, 1.82) is 0 Å². The second-order valence-corrected chi connectivity index (χ2v) is 8.84. The first kappa shape index (κ1) is 20.4. The molecular formula is C22H24N2O2S2. The van der Waals surface area contributed by atoms with Crippen molar-refractivity contribution in [3.05, 3.63) is 59.0 Å². The molecule has 3 aromatic rings. The highest BCUT2D eigenvalue weighted by atomic mass is 32.2. The number of carbonyl (C=O) groups excluding carboxylic acids is 1. The number of ether oxygens (including phenoxy) is 1. The van der Waals surface area contributed by atoms with Gasteiger partial charge in [-0.2, -0.15) is 0 Å².